The highest BCUT2D eigenvalue weighted by atomic mass is 16.5. The van der Waals surface area contributed by atoms with Gasteiger partial charge in [-0.3, -0.25) is 0 Å². The molecule has 2 aromatic rings. The summed E-state index contributed by atoms with van der Waals surface area (Å²) in [4.78, 5) is 4.53. The third-order valence-electron chi connectivity index (χ3n) is 5.57. The fourth-order valence-corrected chi connectivity index (χ4v) is 4.22. The monoisotopic (exact) mass is 337 g/mol. The zero-order chi connectivity index (χ0) is 17.2. The number of nitrogen functional groups attached to an aromatic ring is 1. The second kappa shape index (κ2) is 7.04. The third-order valence-corrected chi connectivity index (χ3v) is 5.57. The van der Waals surface area contributed by atoms with E-state index >= 15 is 0 Å². The van der Waals surface area contributed by atoms with Crippen LogP contribution in [0.5, 0.6) is 5.75 Å². The first kappa shape index (κ1) is 16.4. The Balaban J connectivity index is 1.70. The summed E-state index contributed by atoms with van der Waals surface area (Å²) in [5.74, 6) is 1.60. The average molecular weight is 337 g/mol. The number of hydrogen-bond acceptors (Lipinski definition) is 4. The van der Waals surface area contributed by atoms with Gasteiger partial charge in [0.2, 0.25) is 0 Å². The Morgan fingerprint density at radius 2 is 1.72 bits per heavy atom. The predicted molar refractivity (Wildman–Crippen MR) is 102 cm³/mol. The topological polar surface area (TPSA) is 74.2 Å². The summed E-state index contributed by atoms with van der Waals surface area (Å²) in [6.07, 6.45) is 9.30. The van der Waals surface area contributed by atoms with Gasteiger partial charge < -0.3 is 16.2 Å². The lowest BCUT2D eigenvalue weighted by molar-refractivity contribution is 0.131. The minimum Gasteiger partial charge on any atom is -0.489 e. The first-order chi connectivity index (χ1) is 12.2. The van der Waals surface area contributed by atoms with E-state index in [1.54, 1.807) is 0 Å². The van der Waals surface area contributed by atoms with Crippen molar-refractivity contribution in [3.63, 3.8) is 0 Å². The van der Waals surface area contributed by atoms with Crippen LogP contribution < -0.4 is 16.2 Å². The zero-order valence-electron chi connectivity index (χ0n) is 14.7. The van der Waals surface area contributed by atoms with Crippen molar-refractivity contribution in [1.29, 1.82) is 0 Å². The molecule has 0 saturated heterocycles. The summed E-state index contributed by atoms with van der Waals surface area (Å²) in [6.45, 7) is 0. The number of pyridine rings is 1. The van der Waals surface area contributed by atoms with Gasteiger partial charge in [0.25, 0.3) is 0 Å². The number of rotatable bonds is 3. The maximum atomic E-state index is 6.41. The Bertz CT molecular complexity index is 759. The van der Waals surface area contributed by atoms with Crippen LogP contribution in [0.3, 0.4) is 0 Å². The maximum absolute atomic E-state index is 6.41. The van der Waals surface area contributed by atoms with Gasteiger partial charge in [-0.2, -0.15) is 0 Å². The van der Waals surface area contributed by atoms with Crippen molar-refractivity contribution >= 4 is 5.82 Å². The molecule has 1 aromatic heterocycles. The molecule has 4 heteroatoms. The molecule has 0 spiro atoms. The van der Waals surface area contributed by atoms with E-state index in [-0.39, 0.29) is 12.1 Å². The summed E-state index contributed by atoms with van der Waals surface area (Å²) in [5, 5.41) is 0. The van der Waals surface area contributed by atoms with Gasteiger partial charge in [-0.15, -0.1) is 0 Å². The van der Waals surface area contributed by atoms with Gasteiger partial charge in [-0.1, -0.05) is 12.5 Å². The molecule has 4 nitrogen and oxygen atoms in total. The van der Waals surface area contributed by atoms with Crippen molar-refractivity contribution in [2.75, 3.05) is 5.73 Å². The highest BCUT2D eigenvalue weighted by molar-refractivity contribution is 5.69. The first-order valence-electron chi connectivity index (χ1n) is 9.52. The molecule has 2 aliphatic rings. The summed E-state index contributed by atoms with van der Waals surface area (Å²) < 4.78 is 6.41. The molecule has 1 aromatic carbocycles. The van der Waals surface area contributed by atoms with Gasteiger partial charge in [-0.25, -0.2) is 4.98 Å². The molecule has 0 amide bonds. The molecule has 2 aliphatic carbocycles. The normalized spacial score (nSPS) is 23.1. The summed E-state index contributed by atoms with van der Waals surface area (Å²) in [7, 11) is 0. The molecule has 1 heterocycles. The summed E-state index contributed by atoms with van der Waals surface area (Å²) in [5.41, 5.74) is 17.1. The molecular weight excluding hydrogens is 310 g/mol. The summed E-state index contributed by atoms with van der Waals surface area (Å²) in [6, 6.07) is 10.3. The molecule has 4 N–H and O–H groups in total. The molecular formula is C21H27N3O. The van der Waals surface area contributed by atoms with E-state index in [0.717, 1.165) is 37.1 Å². The molecule has 0 aliphatic heterocycles. The fourth-order valence-electron chi connectivity index (χ4n) is 4.22. The number of fused-ring (bicyclic) bond motifs is 1. The van der Waals surface area contributed by atoms with E-state index in [1.165, 1.54) is 42.4 Å². The van der Waals surface area contributed by atoms with Gasteiger partial charge in [0.1, 0.15) is 17.7 Å². The minimum atomic E-state index is 0.149. The molecule has 0 bridgehead atoms. The number of aromatic nitrogens is 1. The van der Waals surface area contributed by atoms with Crippen molar-refractivity contribution in [3.8, 4) is 17.0 Å². The quantitative estimate of drug-likeness (QED) is 0.892. The van der Waals surface area contributed by atoms with E-state index in [2.05, 4.69) is 17.1 Å². The van der Waals surface area contributed by atoms with Gasteiger partial charge in [0.05, 0.1) is 5.69 Å². The van der Waals surface area contributed by atoms with Gasteiger partial charge in [0, 0.05) is 11.6 Å². The Kier molecular flexibility index (Phi) is 4.62. The smallest absolute Gasteiger partial charge is 0.124 e. The number of benzene rings is 1. The van der Waals surface area contributed by atoms with Crippen LogP contribution in [0.25, 0.3) is 11.3 Å². The second-order valence-corrected chi connectivity index (χ2v) is 7.33. The largest absolute Gasteiger partial charge is 0.489 e. The molecule has 4 rings (SSSR count). The number of ether oxygens (including phenoxy) is 1. The molecule has 0 radical (unpaired) electrons. The van der Waals surface area contributed by atoms with Crippen LogP contribution in [0.4, 0.5) is 5.82 Å². The second-order valence-electron chi connectivity index (χ2n) is 7.33. The fraction of sp³-hybridized carbons (Fsp3) is 0.476. The van der Waals surface area contributed by atoms with Crippen LogP contribution in [-0.4, -0.2) is 17.1 Å². The van der Waals surface area contributed by atoms with E-state index in [9.17, 15) is 0 Å². The Morgan fingerprint density at radius 1 is 0.920 bits per heavy atom. The highest BCUT2D eigenvalue weighted by Gasteiger charge is 2.26. The molecule has 2 unspecified atom stereocenters. The zero-order valence-corrected chi connectivity index (χ0v) is 14.7. The van der Waals surface area contributed by atoms with Gasteiger partial charge >= 0.3 is 0 Å². The lowest BCUT2D eigenvalue weighted by Gasteiger charge is -2.31. The van der Waals surface area contributed by atoms with Crippen LogP contribution >= 0.6 is 0 Å². The molecule has 2 atom stereocenters. The first-order valence-corrected chi connectivity index (χ1v) is 9.52. The minimum absolute atomic E-state index is 0.149. The van der Waals surface area contributed by atoms with Crippen LogP contribution in [0.1, 0.15) is 49.7 Å². The standard InChI is InChI=1S/C21H27N3O/c22-17-8-3-4-10-20(17)25-19-13-12-15(14-6-1-2-7-16(14)19)18-9-5-11-21(23)24-18/h5,9,11-13,17,20H,1-4,6-8,10,22H2,(H2,23,24). The molecule has 1 fully saturated rings. The number of hydrogen-bond donors (Lipinski definition) is 2. The average Bonchev–Trinajstić information content (AvgIpc) is 2.64. The summed E-state index contributed by atoms with van der Waals surface area (Å²) >= 11 is 0. The SMILES string of the molecule is Nc1cccc(-c2ccc(OC3CCCCC3N)c3c2CCCC3)n1. The number of nitrogens with two attached hydrogens (primary N) is 2. The maximum Gasteiger partial charge on any atom is 0.124 e. The molecule has 1 saturated carbocycles. The Hall–Kier alpha value is -2.07. The third kappa shape index (κ3) is 3.36. The molecule has 25 heavy (non-hydrogen) atoms. The number of nitrogens with zero attached hydrogens (tertiary/aromatic N) is 1. The van der Waals surface area contributed by atoms with Crippen LogP contribution in [0.15, 0.2) is 30.3 Å². The van der Waals surface area contributed by atoms with Crippen molar-refractivity contribution < 1.29 is 4.74 Å². The van der Waals surface area contributed by atoms with E-state index in [4.69, 9.17) is 16.2 Å². The highest BCUT2D eigenvalue weighted by Crippen LogP contribution is 2.38. The Morgan fingerprint density at radius 3 is 2.52 bits per heavy atom. The number of anilines is 1. The molecule has 132 valence electrons. The van der Waals surface area contributed by atoms with E-state index in [0.29, 0.717) is 5.82 Å². The van der Waals surface area contributed by atoms with E-state index in [1.807, 2.05) is 18.2 Å². The van der Waals surface area contributed by atoms with Crippen molar-refractivity contribution in [3.05, 3.63) is 41.5 Å². The van der Waals surface area contributed by atoms with Gasteiger partial charge in [-0.05, 0) is 80.3 Å². The van der Waals surface area contributed by atoms with Crippen LogP contribution in [0.2, 0.25) is 0 Å². The van der Waals surface area contributed by atoms with Crippen molar-refractivity contribution in [1.82, 2.24) is 4.98 Å². The van der Waals surface area contributed by atoms with Gasteiger partial charge in [0.15, 0.2) is 0 Å². The Labute approximate surface area is 149 Å². The van der Waals surface area contributed by atoms with Crippen molar-refractivity contribution in [2.45, 2.75) is 63.5 Å². The predicted octanol–water partition coefficient (Wildman–Crippen LogP) is 3.86. The lowest BCUT2D eigenvalue weighted by Crippen LogP contribution is -2.41. The van der Waals surface area contributed by atoms with E-state index < -0.39 is 0 Å². The lowest BCUT2D eigenvalue weighted by atomic mass is 9.86. The van der Waals surface area contributed by atoms with Crippen LogP contribution in [0, 0.1) is 0 Å². The van der Waals surface area contributed by atoms with Crippen LogP contribution in [-0.2, 0) is 12.8 Å². The van der Waals surface area contributed by atoms with Crippen molar-refractivity contribution in [2.24, 2.45) is 5.73 Å².